The van der Waals surface area contributed by atoms with Crippen molar-refractivity contribution in [3.05, 3.63) is 57.6 Å². The summed E-state index contributed by atoms with van der Waals surface area (Å²) in [7, 11) is 2.46. The molecule has 0 unspecified atom stereocenters. The molecule has 1 atom stereocenters. The van der Waals surface area contributed by atoms with E-state index in [2.05, 4.69) is 30.7 Å². The van der Waals surface area contributed by atoms with Crippen LogP contribution in [-0.2, 0) is 25.6 Å². The molecule has 1 fully saturated rings. The number of nitrogens with one attached hydrogen (secondary N) is 1. The first-order valence-corrected chi connectivity index (χ1v) is 10.1. The molecular formula is C21H19BrN2O8. The maximum Gasteiger partial charge on any atom is 0.373 e. The molecule has 3 rings (SSSR count). The summed E-state index contributed by atoms with van der Waals surface area (Å²) in [6, 6.07) is 7.21. The maximum atomic E-state index is 12.8. The van der Waals surface area contributed by atoms with Crippen LogP contribution in [0.15, 0.2) is 44.9 Å². The second-order valence-electron chi connectivity index (χ2n) is 6.60. The van der Waals surface area contributed by atoms with E-state index in [-0.39, 0.29) is 23.8 Å². The zero-order valence-corrected chi connectivity index (χ0v) is 18.9. The van der Waals surface area contributed by atoms with Crippen molar-refractivity contribution in [3.63, 3.8) is 0 Å². The minimum absolute atomic E-state index is 0.00317. The van der Waals surface area contributed by atoms with Crippen molar-refractivity contribution >= 4 is 45.9 Å². The van der Waals surface area contributed by atoms with E-state index in [4.69, 9.17) is 9.15 Å². The molecular weight excluding hydrogens is 488 g/mol. The van der Waals surface area contributed by atoms with Gasteiger partial charge in [0.1, 0.15) is 17.2 Å². The van der Waals surface area contributed by atoms with Gasteiger partial charge in [-0.3, -0.25) is 9.69 Å². The molecule has 1 aliphatic rings. The molecule has 1 N–H and O–H groups in total. The summed E-state index contributed by atoms with van der Waals surface area (Å²) in [6.45, 7) is 1.35. The molecule has 0 bridgehead atoms. The zero-order valence-electron chi connectivity index (χ0n) is 17.3. The molecule has 0 radical (unpaired) electrons. The van der Waals surface area contributed by atoms with Crippen LogP contribution in [0.3, 0.4) is 0 Å². The van der Waals surface area contributed by atoms with Crippen LogP contribution in [0.5, 0.6) is 5.75 Å². The number of urea groups is 1. The van der Waals surface area contributed by atoms with Gasteiger partial charge in [0.15, 0.2) is 6.10 Å². The number of hydrogen-bond donors (Lipinski definition) is 1. The van der Waals surface area contributed by atoms with E-state index >= 15 is 0 Å². The van der Waals surface area contributed by atoms with Crippen molar-refractivity contribution in [3.8, 4) is 5.75 Å². The van der Waals surface area contributed by atoms with Crippen LogP contribution in [0, 0.1) is 0 Å². The van der Waals surface area contributed by atoms with Gasteiger partial charge in [-0.25, -0.2) is 14.4 Å². The van der Waals surface area contributed by atoms with E-state index in [9.17, 15) is 19.2 Å². The van der Waals surface area contributed by atoms with Gasteiger partial charge >= 0.3 is 18.0 Å². The Bertz CT molecular complexity index is 1110. The van der Waals surface area contributed by atoms with E-state index in [1.54, 1.807) is 18.2 Å². The first-order valence-electron chi connectivity index (χ1n) is 9.29. The summed E-state index contributed by atoms with van der Waals surface area (Å²) in [5, 5.41) is 2.50. The molecule has 1 aromatic carbocycles. The average molecular weight is 507 g/mol. The predicted octanol–water partition coefficient (Wildman–Crippen LogP) is 2.86. The summed E-state index contributed by atoms with van der Waals surface area (Å²) in [4.78, 5) is 49.3. The largest absolute Gasteiger partial charge is 0.478 e. The van der Waals surface area contributed by atoms with Gasteiger partial charge in [0.2, 0.25) is 5.76 Å². The molecule has 1 aromatic heterocycles. The number of methoxy groups -OCH3 is 2. The average Bonchev–Trinajstić information content (AvgIpc) is 3.34. The van der Waals surface area contributed by atoms with E-state index in [1.807, 2.05) is 0 Å². The number of carbonyl (C=O) groups excluding carboxylic acids is 4. The number of ether oxygens (including phenoxy) is 3. The Hall–Kier alpha value is -3.60. The van der Waals surface area contributed by atoms with Gasteiger partial charge in [0.25, 0.3) is 5.91 Å². The van der Waals surface area contributed by atoms with Crippen LogP contribution in [-0.4, -0.2) is 49.1 Å². The van der Waals surface area contributed by atoms with Gasteiger partial charge in [-0.1, -0.05) is 15.9 Å². The third-order valence-corrected chi connectivity index (χ3v) is 4.93. The number of rotatable bonds is 7. The topological polar surface area (TPSA) is 124 Å². The third-order valence-electron chi connectivity index (χ3n) is 4.43. The van der Waals surface area contributed by atoms with Gasteiger partial charge in [-0.15, -0.1) is 0 Å². The molecule has 2 aromatic rings. The van der Waals surface area contributed by atoms with Crippen molar-refractivity contribution in [2.45, 2.75) is 19.6 Å². The molecule has 32 heavy (non-hydrogen) atoms. The minimum Gasteiger partial charge on any atom is -0.478 e. The van der Waals surface area contributed by atoms with Crippen LogP contribution in [0.2, 0.25) is 0 Å². The highest BCUT2D eigenvalue weighted by Gasteiger charge is 2.34. The van der Waals surface area contributed by atoms with Crippen molar-refractivity contribution < 1.29 is 37.8 Å². The molecule has 1 aliphatic heterocycles. The Morgan fingerprint density at radius 1 is 1.19 bits per heavy atom. The fraction of sp³-hybridized carbons (Fsp3) is 0.238. The third kappa shape index (κ3) is 4.99. The number of carbonyl (C=O) groups is 4. The standard InChI is InChI=1S/C21H19BrN2O8/c1-11(19(26)29-2)31-16-6-4-13(22)8-12(16)9-15-18(25)24(21(28)23-15)10-14-5-7-17(32-14)20(27)30-3/h4-9,11H,10H2,1-3H3,(H,23,28)/b15-9-/t11-/m0/s1. The van der Waals surface area contributed by atoms with Crippen LogP contribution in [0.4, 0.5) is 4.79 Å². The molecule has 0 spiro atoms. The molecule has 1 saturated heterocycles. The van der Waals surface area contributed by atoms with Crippen LogP contribution < -0.4 is 10.1 Å². The number of hydrogen-bond acceptors (Lipinski definition) is 8. The highest BCUT2D eigenvalue weighted by atomic mass is 79.9. The summed E-state index contributed by atoms with van der Waals surface area (Å²) >= 11 is 3.35. The molecule has 2 heterocycles. The van der Waals surface area contributed by atoms with Gasteiger partial charge in [0.05, 0.1) is 20.8 Å². The molecule has 3 amide bonds. The van der Waals surface area contributed by atoms with Gasteiger partial charge in [-0.2, -0.15) is 0 Å². The van der Waals surface area contributed by atoms with Gasteiger partial charge < -0.3 is 23.9 Å². The molecule has 0 saturated carbocycles. The molecule has 10 nitrogen and oxygen atoms in total. The normalized spacial score (nSPS) is 15.5. The number of esters is 2. The van der Waals surface area contributed by atoms with E-state index < -0.39 is 30.0 Å². The molecule has 11 heteroatoms. The number of imide groups is 1. The second kappa shape index (κ2) is 9.69. The van der Waals surface area contributed by atoms with Crippen molar-refractivity contribution in [1.82, 2.24) is 10.2 Å². The number of halogens is 1. The van der Waals surface area contributed by atoms with E-state index in [0.29, 0.717) is 15.8 Å². The summed E-state index contributed by atoms with van der Waals surface area (Å²) in [6.07, 6.45) is 0.554. The fourth-order valence-corrected chi connectivity index (χ4v) is 3.22. The highest BCUT2D eigenvalue weighted by molar-refractivity contribution is 9.10. The Morgan fingerprint density at radius 3 is 2.62 bits per heavy atom. The van der Waals surface area contributed by atoms with Crippen molar-refractivity contribution in [2.24, 2.45) is 0 Å². The van der Waals surface area contributed by atoms with Crippen LogP contribution in [0.1, 0.15) is 28.8 Å². The predicted molar refractivity (Wildman–Crippen MR) is 113 cm³/mol. The second-order valence-corrected chi connectivity index (χ2v) is 7.52. The summed E-state index contributed by atoms with van der Waals surface area (Å²) < 4.78 is 20.9. The van der Waals surface area contributed by atoms with Crippen LogP contribution in [0.25, 0.3) is 6.08 Å². The Balaban J connectivity index is 1.82. The number of benzene rings is 1. The fourth-order valence-electron chi connectivity index (χ4n) is 2.84. The van der Waals surface area contributed by atoms with Gasteiger partial charge in [-0.05, 0) is 43.3 Å². The SMILES string of the molecule is COC(=O)c1ccc(CN2C(=O)N/C(=C\c3cc(Br)ccc3O[C@@H](C)C(=O)OC)C2=O)o1. The number of amides is 3. The lowest BCUT2D eigenvalue weighted by Gasteiger charge is -2.15. The highest BCUT2D eigenvalue weighted by Crippen LogP contribution is 2.28. The number of nitrogens with zero attached hydrogens (tertiary/aromatic N) is 1. The van der Waals surface area contributed by atoms with E-state index in [0.717, 1.165) is 4.90 Å². The van der Waals surface area contributed by atoms with E-state index in [1.165, 1.54) is 39.4 Å². The molecule has 168 valence electrons. The smallest absolute Gasteiger partial charge is 0.373 e. The quantitative estimate of drug-likeness (QED) is 0.345. The minimum atomic E-state index is -0.883. The Morgan fingerprint density at radius 2 is 1.94 bits per heavy atom. The zero-order chi connectivity index (χ0) is 23.4. The first kappa shape index (κ1) is 23.1. The lowest BCUT2D eigenvalue weighted by molar-refractivity contribution is -0.147. The Labute approximate surface area is 191 Å². The molecule has 0 aliphatic carbocycles. The number of furan rings is 1. The lowest BCUT2D eigenvalue weighted by atomic mass is 10.1. The summed E-state index contributed by atoms with van der Waals surface area (Å²) in [5.74, 6) is -1.33. The summed E-state index contributed by atoms with van der Waals surface area (Å²) in [5.41, 5.74) is 0.454. The van der Waals surface area contributed by atoms with Crippen molar-refractivity contribution in [1.29, 1.82) is 0 Å². The van der Waals surface area contributed by atoms with Crippen molar-refractivity contribution in [2.75, 3.05) is 14.2 Å². The lowest BCUT2D eigenvalue weighted by Crippen LogP contribution is -2.30. The maximum absolute atomic E-state index is 12.8. The Kier molecular flexibility index (Phi) is 6.98. The monoisotopic (exact) mass is 506 g/mol. The van der Waals surface area contributed by atoms with Crippen LogP contribution >= 0.6 is 15.9 Å². The first-order chi connectivity index (χ1) is 15.2. The van der Waals surface area contributed by atoms with Gasteiger partial charge in [0, 0.05) is 10.0 Å².